The van der Waals surface area contributed by atoms with Crippen LogP contribution in [0.5, 0.6) is 0 Å². The zero-order valence-corrected chi connectivity index (χ0v) is 13.3. The summed E-state index contributed by atoms with van der Waals surface area (Å²) in [7, 11) is 0. The molecule has 0 aliphatic heterocycles. The second-order valence-electron chi connectivity index (χ2n) is 4.91. The normalized spacial score (nSPS) is 12.6. The predicted molar refractivity (Wildman–Crippen MR) is 85.2 cm³/mol. The van der Waals surface area contributed by atoms with E-state index in [9.17, 15) is 4.39 Å². The van der Waals surface area contributed by atoms with Gasteiger partial charge in [-0.05, 0) is 67.1 Å². The third kappa shape index (κ3) is 3.81. The Labute approximate surface area is 128 Å². The van der Waals surface area contributed by atoms with E-state index in [1.807, 2.05) is 0 Å². The van der Waals surface area contributed by atoms with E-state index in [1.54, 1.807) is 17.4 Å². The predicted octanol–water partition coefficient (Wildman–Crippen LogP) is 5.13. The van der Waals surface area contributed by atoms with Gasteiger partial charge in [-0.3, -0.25) is 0 Å². The molecule has 0 bridgehead atoms. The summed E-state index contributed by atoms with van der Waals surface area (Å²) in [6, 6.07) is 6.87. The maximum Gasteiger partial charge on any atom is 0.123 e. The van der Waals surface area contributed by atoms with Crippen LogP contribution in [0.25, 0.3) is 0 Å². The summed E-state index contributed by atoms with van der Waals surface area (Å²) in [4.78, 5) is 1.30. The summed E-state index contributed by atoms with van der Waals surface area (Å²) >= 11 is 7.92. The van der Waals surface area contributed by atoms with Crippen LogP contribution in [0.3, 0.4) is 0 Å². The van der Waals surface area contributed by atoms with Crippen molar-refractivity contribution in [3.8, 4) is 0 Å². The summed E-state index contributed by atoms with van der Waals surface area (Å²) in [5, 5.41) is 6.26. The van der Waals surface area contributed by atoms with Gasteiger partial charge in [0.25, 0.3) is 0 Å². The molecule has 1 aromatic carbocycles. The molecule has 0 radical (unpaired) electrons. The highest BCUT2D eigenvalue weighted by molar-refractivity contribution is 7.10. The van der Waals surface area contributed by atoms with Crippen molar-refractivity contribution in [2.45, 2.75) is 32.7 Å². The van der Waals surface area contributed by atoms with Crippen molar-refractivity contribution in [2.24, 2.45) is 0 Å². The molecule has 0 spiro atoms. The minimum absolute atomic E-state index is 0.189. The van der Waals surface area contributed by atoms with Crippen LogP contribution in [0.4, 0.5) is 4.39 Å². The van der Waals surface area contributed by atoms with Gasteiger partial charge < -0.3 is 5.32 Å². The third-order valence-corrected chi connectivity index (χ3v) is 4.79. The van der Waals surface area contributed by atoms with E-state index in [0.29, 0.717) is 11.4 Å². The summed E-state index contributed by atoms with van der Waals surface area (Å²) in [5.41, 5.74) is 2.13. The number of aryl methyl sites for hydroxylation is 1. The summed E-state index contributed by atoms with van der Waals surface area (Å²) in [6.07, 6.45) is 1.77. The summed E-state index contributed by atoms with van der Waals surface area (Å²) in [6.45, 7) is 5.19. The van der Waals surface area contributed by atoms with Gasteiger partial charge in [0.2, 0.25) is 0 Å². The first-order valence-corrected chi connectivity index (χ1v) is 8.09. The van der Waals surface area contributed by atoms with E-state index in [1.165, 1.54) is 22.6 Å². The SMILES string of the molecule is CCCNC(Cc1cc(F)ccc1Cl)c1sccc1C. The molecule has 1 atom stereocenters. The van der Waals surface area contributed by atoms with Crippen molar-refractivity contribution >= 4 is 22.9 Å². The molecule has 2 rings (SSSR count). The average molecular weight is 312 g/mol. The van der Waals surface area contributed by atoms with Gasteiger partial charge >= 0.3 is 0 Å². The van der Waals surface area contributed by atoms with E-state index >= 15 is 0 Å². The maximum atomic E-state index is 13.4. The Hall–Kier alpha value is -0.900. The fourth-order valence-electron chi connectivity index (χ4n) is 2.24. The van der Waals surface area contributed by atoms with Gasteiger partial charge in [0.05, 0.1) is 0 Å². The lowest BCUT2D eigenvalue weighted by atomic mass is 10.0. The molecule has 4 heteroatoms. The highest BCUT2D eigenvalue weighted by Crippen LogP contribution is 2.29. The molecular weight excluding hydrogens is 293 g/mol. The van der Waals surface area contributed by atoms with E-state index in [-0.39, 0.29) is 11.9 Å². The summed E-state index contributed by atoms with van der Waals surface area (Å²) < 4.78 is 13.4. The zero-order valence-electron chi connectivity index (χ0n) is 11.7. The molecule has 0 amide bonds. The van der Waals surface area contributed by atoms with Gasteiger partial charge in [-0.2, -0.15) is 0 Å². The van der Waals surface area contributed by atoms with E-state index in [0.717, 1.165) is 18.5 Å². The highest BCUT2D eigenvalue weighted by atomic mass is 35.5. The minimum atomic E-state index is -0.235. The molecule has 0 saturated carbocycles. The van der Waals surface area contributed by atoms with Crippen LogP contribution in [0.2, 0.25) is 5.02 Å². The average Bonchev–Trinajstić information content (AvgIpc) is 2.84. The fraction of sp³-hybridized carbons (Fsp3) is 0.375. The lowest BCUT2D eigenvalue weighted by Crippen LogP contribution is -2.24. The van der Waals surface area contributed by atoms with Crippen LogP contribution in [-0.2, 0) is 6.42 Å². The molecule has 1 nitrogen and oxygen atoms in total. The van der Waals surface area contributed by atoms with Gasteiger partial charge in [-0.15, -0.1) is 11.3 Å². The molecule has 1 aromatic heterocycles. The molecule has 1 N–H and O–H groups in total. The Kier molecular flexibility index (Phi) is 5.58. The third-order valence-electron chi connectivity index (χ3n) is 3.29. The van der Waals surface area contributed by atoms with Gasteiger partial charge in [0.1, 0.15) is 5.82 Å². The molecule has 2 aromatic rings. The quantitative estimate of drug-likeness (QED) is 0.779. The molecular formula is C16H19ClFNS. The Morgan fingerprint density at radius 1 is 1.35 bits per heavy atom. The number of nitrogens with one attached hydrogen (secondary N) is 1. The molecule has 0 saturated heterocycles. The molecule has 0 aliphatic rings. The number of benzene rings is 1. The molecule has 0 fully saturated rings. The smallest absolute Gasteiger partial charge is 0.123 e. The first-order chi connectivity index (χ1) is 9.61. The van der Waals surface area contributed by atoms with Crippen molar-refractivity contribution in [3.63, 3.8) is 0 Å². The standard InChI is InChI=1S/C16H19ClFNS/c1-3-7-19-15(16-11(2)6-8-20-16)10-12-9-13(18)4-5-14(12)17/h4-6,8-9,15,19H,3,7,10H2,1-2H3. The lowest BCUT2D eigenvalue weighted by Gasteiger charge is -2.19. The molecule has 0 aliphatic carbocycles. The second kappa shape index (κ2) is 7.21. The first kappa shape index (κ1) is 15.5. The van der Waals surface area contributed by atoms with E-state index in [4.69, 9.17) is 11.6 Å². The van der Waals surface area contributed by atoms with Crippen LogP contribution in [0, 0.1) is 12.7 Å². The van der Waals surface area contributed by atoms with Crippen LogP contribution < -0.4 is 5.32 Å². The number of hydrogen-bond donors (Lipinski definition) is 1. The Morgan fingerprint density at radius 3 is 2.80 bits per heavy atom. The van der Waals surface area contributed by atoms with Crippen LogP contribution in [0.15, 0.2) is 29.6 Å². The zero-order chi connectivity index (χ0) is 14.5. The maximum absolute atomic E-state index is 13.4. The second-order valence-corrected chi connectivity index (χ2v) is 6.27. The van der Waals surface area contributed by atoms with Gasteiger partial charge in [-0.1, -0.05) is 18.5 Å². The Morgan fingerprint density at radius 2 is 2.15 bits per heavy atom. The highest BCUT2D eigenvalue weighted by Gasteiger charge is 2.17. The van der Waals surface area contributed by atoms with Crippen molar-refractivity contribution in [2.75, 3.05) is 6.54 Å². The van der Waals surface area contributed by atoms with Gasteiger partial charge in [0.15, 0.2) is 0 Å². The van der Waals surface area contributed by atoms with Gasteiger partial charge in [-0.25, -0.2) is 4.39 Å². The monoisotopic (exact) mass is 311 g/mol. The van der Waals surface area contributed by atoms with Crippen LogP contribution in [-0.4, -0.2) is 6.54 Å². The first-order valence-electron chi connectivity index (χ1n) is 6.83. The van der Waals surface area contributed by atoms with Crippen molar-refractivity contribution in [1.82, 2.24) is 5.32 Å². The number of hydrogen-bond acceptors (Lipinski definition) is 2. The number of halogens is 2. The Bertz CT molecular complexity index is 567. The van der Waals surface area contributed by atoms with Crippen LogP contribution >= 0.6 is 22.9 Å². The van der Waals surface area contributed by atoms with Crippen molar-refractivity contribution < 1.29 is 4.39 Å². The molecule has 20 heavy (non-hydrogen) atoms. The summed E-state index contributed by atoms with van der Waals surface area (Å²) in [5.74, 6) is -0.235. The minimum Gasteiger partial charge on any atom is -0.309 e. The Balaban J connectivity index is 2.23. The number of rotatable bonds is 6. The fourth-order valence-corrected chi connectivity index (χ4v) is 3.44. The molecule has 1 unspecified atom stereocenters. The van der Waals surface area contributed by atoms with Gasteiger partial charge in [0, 0.05) is 15.9 Å². The lowest BCUT2D eigenvalue weighted by molar-refractivity contribution is 0.532. The van der Waals surface area contributed by atoms with Crippen molar-refractivity contribution in [1.29, 1.82) is 0 Å². The molecule has 1 heterocycles. The largest absolute Gasteiger partial charge is 0.309 e. The number of thiophene rings is 1. The topological polar surface area (TPSA) is 12.0 Å². The molecule has 108 valence electrons. The van der Waals surface area contributed by atoms with E-state index < -0.39 is 0 Å². The van der Waals surface area contributed by atoms with E-state index in [2.05, 4.69) is 30.6 Å². The van der Waals surface area contributed by atoms with Crippen LogP contribution in [0.1, 0.15) is 35.4 Å². The van der Waals surface area contributed by atoms with Crippen molar-refractivity contribution in [3.05, 3.63) is 56.5 Å².